The first kappa shape index (κ1) is 9.65. The lowest BCUT2D eigenvalue weighted by Gasteiger charge is -2.42. The van der Waals surface area contributed by atoms with Crippen molar-refractivity contribution in [2.75, 3.05) is 13.1 Å². The van der Waals surface area contributed by atoms with Gasteiger partial charge in [0.15, 0.2) is 0 Å². The molecular weight excluding hydrogens is 185 g/mol. The van der Waals surface area contributed by atoms with E-state index in [0.29, 0.717) is 13.0 Å². The minimum Gasteiger partial charge on any atom is -0.481 e. The molecule has 3 nitrogen and oxygen atoms in total. The lowest BCUT2D eigenvalue weighted by molar-refractivity contribution is -0.149. The lowest BCUT2D eigenvalue weighted by Crippen LogP contribution is -2.51. The minimum atomic E-state index is -0.740. The van der Waals surface area contributed by atoms with Gasteiger partial charge in [0.1, 0.15) is 5.83 Å². The van der Waals surface area contributed by atoms with Gasteiger partial charge in [0, 0.05) is 12.6 Å². The maximum Gasteiger partial charge on any atom is 0.308 e. The molecule has 2 atom stereocenters. The van der Waals surface area contributed by atoms with Gasteiger partial charge < -0.3 is 5.11 Å². The van der Waals surface area contributed by atoms with Crippen molar-refractivity contribution in [3.8, 4) is 0 Å². The van der Waals surface area contributed by atoms with Crippen molar-refractivity contribution in [1.29, 1.82) is 0 Å². The first-order valence-electron chi connectivity index (χ1n) is 5.00. The number of carbonyl (C=O) groups is 1. The summed E-state index contributed by atoms with van der Waals surface area (Å²) in [5.74, 6) is -1.13. The van der Waals surface area contributed by atoms with Crippen LogP contribution in [0.5, 0.6) is 0 Å². The quantitative estimate of drug-likeness (QED) is 0.731. The molecule has 14 heavy (non-hydrogen) atoms. The number of halogens is 1. The molecule has 0 aromatic carbocycles. The van der Waals surface area contributed by atoms with Gasteiger partial charge in [-0.3, -0.25) is 9.69 Å². The predicted molar refractivity (Wildman–Crippen MR) is 49.5 cm³/mol. The van der Waals surface area contributed by atoms with E-state index in [4.69, 9.17) is 5.11 Å². The number of carboxylic acid groups (broad SMARTS) is 1. The summed E-state index contributed by atoms with van der Waals surface area (Å²) in [5.41, 5.74) is 0. The molecule has 1 aliphatic heterocycles. The summed E-state index contributed by atoms with van der Waals surface area (Å²) in [7, 11) is 0. The van der Waals surface area contributed by atoms with Crippen molar-refractivity contribution in [1.82, 2.24) is 4.90 Å². The number of hydrogen-bond acceptors (Lipinski definition) is 2. The van der Waals surface area contributed by atoms with Gasteiger partial charge in [-0.15, -0.1) is 0 Å². The molecule has 1 fully saturated rings. The molecule has 1 saturated carbocycles. The SMILES string of the molecule is O=C(O)C1CCC1N1CCC=C(F)C1. The van der Waals surface area contributed by atoms with Crippen LogP contribution < -0.4 is 0 Å². The Labute approximate surface area is 82.2 Å². The van der Waals surface area contributed by atoms with E-state index in [2.05, 4.69) is 0 Å². The van der Waals surface area contributed by atoms with Gasteiger partial charge in [-0.25, -0.2) is 4.39 Å². The molecule has 1 N–H and O–H groups in total. The van der Waals surface area contributed by atoms with Crippen LogP contribution in [0.15, 0.2) is 11.9 Å². The van der Waals surface area contributed by atoms with Gasteiger partial charge in [0.05, 0.1) is 12.5 Å². The predicted octanol–water partition coefficient (Wildman–Crippen LogP) is 1.41. The average Bonchev–Trinajstić information content (AvgIpc) is 2.00. The van der Waals surface area contributed by atoms with E-state index < -0.39 is 5.97 Å². The number of hydrogen-bond donors (Lipinski definition) is 1. The first-order valence-corrected chi connectivity index (χ1v) is 5.00. The van der Waals surface area contributed by atoms with Crippen molar-refractivity contribution in [3.63, 3.8) is 0 Å². The fraction of sp³-hybridized carbons (Fsp3) is 0.700. The Hall–Kier alpha value is -0.900. The Morgan fingerprint density at radius 2 is 2.36 bits per heavy atom. The largest absolute Gasteiger partial charge is 0.481 e. The van der Waals surface area contributed by atoms with Gasteiger partial charge in [-0.05, 0) is 19.3 Å². The van der Waals surface area contributed by atoms with Crippen LogP contribution >= 0.6 is 0 Å². The van der Waals surface area contributed by atoms with Crippen molar-refractivity contribution in [2.24, 2.45) is 5.92 Å². The summed E-state index contributed by atoms with van der Waals surface area (Å²) >= 11 is 0. The summed E-state index contributed by atoms with van der Waals surface area (Å²) in [6.45, 7) is 1.09. The first-order chi connectivity index (χ1) is 6.68. The lowest BCUT2D eigenvalue weighted by atomic mass is 9.78. The molecule has 0 spiro atoms. The Balaban J connectivity index is 1.96. The standard InChI is InChI=1S/C10H14FNO2/c11-7-2-1-5-12(6-7)9-4-3-8(9)10(13)14/h2,8-9H,1,3-6H2,(H,13,14). The molecule has 0 aromatic heterocycles. The number of rotatable bonds is 2. The van der Waals surface area contributed by atoms with Crippen molar-refractivity contribution in [3.05, 3.63) is 11.9 Å². The summed E-state index contributed by atoms with van der Waals surface area (Å²) in [4.78, 5) is 12.7. The van der Waals surface area contributed by atoms with E-state index in [9.17, 15) is 9.18 Å². The topological polar surface area (TPSA) is 40.5 Å². The molecular formula is C10H14FNO2. The minimum absolute atomic E-state index is 0.0620. The number of carboxylic acids is 1. The van der Waals surface area contributed by atoms with Crippen molar-refractivity contribution in [2.45, 2.75) is 25.3 Å². The highest BCUT2D eigenvalue weighted by atomic mass is 19.1. The summed E-state index contributed by atoms with van der Waals surface area (Å²) < 4.78 is 13.0. The Morgan fingerprint density at radius 1 is 1.57 bits per heavy atom. The van der Waals surface area contributed by atoms with E-state index in [1.54, 1.807) is 6.08 Å². The summed E-state index contributed by atoms with van der Waals surface area (Å²) in [6.07, 6.45) is 3.92. The Morgan fingerprint density at radius 3 is 2.86 bits per heavy atom. The highest BCUT2D eigenvalue weighted by molar-refractivity contribution is 5.72. The second kappa shape index (κ2) is 3.69. The highest BCUT2D eigenvalue weighted by Gasteiger charge is 2.40. The third-order valence-electron chi connectivity index (χ3n) is 3.16. The summed E-state index contributed by atoms with van der Waals surface area (Å²) in [6, 6.07) is 0.0620. The molecule has 0 bridgehead atoms. The molecule has 1 heterocycles. The van der Waals surface area contributed by atoms with Crippen molar-refractivity contribution < 1.29 is 14.3 Å². The van der Waals surface area contributed by atoms with Gasteiger partial charge in [-0.2, -0.15) is 0 Å². The van der Waals surface area contributed by atoms with E-state index in [1.807, 2.05) is 4.90 Å². The van der Waals surface area contributed by atoms with Crippen molar-refractivity contribution >= 4 is 5.97 Å². The van der Waals surface area contributed by atoms with Crippen LogP contribution in [0.2, 0.25) is 0 Å². The second-order valence-electron chi connectivity index (χ2n) is 4.00. The van der Waals surface area contributed by atoms with Crippen LogP contribution in [-0.2, 0) is 4.79 Å². The third-order valence-corrected chi connectivity index (χ3v) is 3.16. The van der Waals surface area contributed by atoms with Crippen LogP contribution in [0.1, 0.15) is 19.3 Å². The maximum atomic E-state index is 13.0. The van der Waals surface area contributed by atoms with Crippen LogP contribution in [0.25, 0.3) is 0 Å². The van der Waals surface area contributed by atoms with E-state index in [1.165, 1.54) is 0 Å². The van der Waals surface area contributed by atoms with Crippen LogP contribution in [0.3, 0.4) is 0 Å². The molecule has 0 radical (unpaired) electrons. The fourth-order valence-electron chi connectivity index (χ4n) is 2.22. The van der Waals surface area contributed by atoms with Gasteiger partial charge in [0.25, 0.3) is 0 Å². The highest BCUT2D eigenvalue weighted by Crippen LogP contribution is 2.33. The molecule has 2 unspecified atom stereocenters. The third kappa shape index (κ3) is 1.66. The monoisotopic (exact) mass is 199 g/mol. The number of aliphatic carboxylic acids is 1. The van der Waals surface area contributed by atoms with Gasteiger partial charge in [0.2, 0.25) is 0 Å². The normalized spacial score (nSPS) is 33.4. The molecule has 0 aromatic rings. The molecule has 1 aliphatic carbocycles. The Bertz CT molecular complexity index is 277. The second-order valence-corrected chi connectivity index (χ2v) is 4.00. The smallest absolute Gasteiger partial charge is 0.308 e. The average molecular weight is 199 g/mol. The van der Waals surface area contributed by atoms with E-state index in [-0.39, 0.29) is 17.8 Å². The molecule has 0 amide bonds. The zero-order valence-electron chi connectivity index (χ0n) is 7.95. The Kier molecular flexibility index (Phi) is 2.54. The van der Waals surface area contributed by atoms with Gasteiger partial charge in [-0.1, -0.05) is 6.08 Å². The van der Waals surface area contributed by atoms with Crippen LogP contribution in [0.4, 0.5) is 4.39 Å². The van der Waals surface area contributed by atoms with Crippen LogP contribution in [0, 0.1) is 5.92 Å². The molecule has 0 saturated heterocycles. The fourth-order valence-corrected chi connectivity index (χ4v) is 2.22. The van der Waals surface area contributed by atoms with Gasteiger partial charge >= 0.3 is 5.97 Å². The van der Waals surface area contributed by atoms with E-state index >= 15 is 0 Å². The summed E-state index contributed by atoms with van der Waals surface area (Å²) in [5, 5.41) is 8.87. The zero-order valence-corrected chi connectivity index (χ0v) is 7.95. The molecule has 2 rings (SSSR count). The van der Waals surface area contributed by atoms with Crippen LogP contribution in [-0.4, -0.2) is 35.1 Å². The zero-order chi connectivity index (χ0) is 10.1. The van der Waals surface area contributed by atoms with E-state index in [0.717, 1.165) is 19.4 Å². The number of nitrogens with zero attached hydrogens (tertiary/aromatic N) is 1. The maximum absolute atomic E-state index is 13.0. The molecule has 2 aliphatic rings. The molecule has 4 heteroatoms. The molecule has 78 valence electrons.